The van der Waals surface area contributed by atoms with E-state index >= 15 is 0 Å². The maximum absolute atomic E-state index is 0. The van der Waals surface area contributed by atoms with Crippen molar-refractivity contribution >= 4 is 54.2 Å². The summed E-state index contributed by atoms with van der Waals surface area (Å²) in [6.45, 7) is 0. The van der Waals surface area contributed by atoms with Gasteiger partial charge in [0.05, 0.1) is 0 Å². The summed E-state index contributed by atoms with van der Waals surface area (Å²) in [5.41, 5.74) is 0. The summed E-state index contributed by atoms with van der Waals surface area (Å²) in [7, 11) is 0. The van der Waals surface area contributed by atoms with Gasteiger partial charge in [-0.15, -0.1) is 0 Å². The van der Waals surface area contributed by atoms with Crippen molar-refractivity contribution in [2.24, 2.45) is 0 Å². The molecule has 0 radical (unpaired) electrons. The molecule has 0 amide bonds. The van der Waals surface area contributed by atoms with Crippen LogP contribution in [0.4, 0.5) is 0 Å². The molecule has 0 bridgehead atoms. The van der Waals surface area contributed by atoms with E-state index in [2.05, 4.69) is 0 Å². The van der Waals surface area contributed by atoms with Crippen molar-refractivity contribution in [2.75, 3.05) is 0 Å². The molecule has 0 N–H and O–H groups in total. The molecule has 0 aromatic heterocycles. The fraction of sp³-hybridized carbons (Fsp3) is 0. The minimum absolute atomic E-state index is 0. The first-order chi connectivity index (χ1) is 0. The Morgan fingerprint density at radius 3 is 1.00 bits per heavy atom. The van der Waals surface area contributed by atoms with Crippen LogP contribution in [-0.2, 0) is 17.1 Å². The first-order valence-corrected chi connectivity index (χ1v) is 0. The molecule has 0 aliphatic carbocycles. The Morgan fingerprint density at radius 2 is 1.00 bits per heavy atom. The molecule has 4 heteroatoms. The maximum atomic E-state index is 0. The molecule has 0 spiro atoms. The molecule has 0 saturated heterocycles. The van der Waals surface area contributed by atoms with Crippen molar-refractivity contribution in [3.8, 4) is 0 Å². The molecule has 0 atom stereocenters. The third kappa shape index (κ3) is 8.90. The van der Waals surface area contributed by atoms with E-state index < -0.39 is 0 Å². The van der Waals surface area contributed by atoms with Crippen LogP contribution in [0, 0.1) is 0 Å². The monoisotopic (exact) mass is 304 g/mol. The number of hydrogen-bond donors (Lipinski definition) is 0. The van der Waals surface area contributed by atoms with E-state index in [1.807, 2.05) is 0 Å². The molecule has 0 heterocycles. The number of hydrogen-bond acceptors (Lipinski definition) is 0. The van der Waals surface area contributed by atoms with Crippen LogP contribution in [0.25, 0.3) is 0 Å². The Bertz CT molecular complexity index is 8.00. The van der Waals surface area contributed by atoms with Crippen molar-refractivity contribution in [1.82, 2.24) is 0 Å². The third-order valence-electron chi connectivity index (χ3n) is 0. The summed E-state index contributed by atoms with van der Waals surface area (Å²) in [5, 5.41) is 0. The fourth-order valence-corrected chi connectivity index (χ4v) is 0. The summed E-state index contributed by atoms with van der Waals surface area (Å²) in [6, 6.07) is 0. The molecular weight excluding hydrogens is 294 g/mol. The predicted octanol–water partition coefficient (Wildman–Crippen LogP) is -1.72. The van der Waals surface area contributed by atoms with Gasteiger partial charge in [0.1, 0.15) is 0 Å². The molecule has 0 aromatic rings. The van der Waals surface area contributed by atoms with Crippen LogP contribution in [0.3, 0.4) is 0 Å². The standard InChI is InChI=1S/Fe.H2S.H2Se.H2Te/h;3*1H2. The molecule has 0 saturated carbocycles. The first-order valence-electron chi connectivity index (χ1n) is 0. The molecule has 0 aromatic carbocycles. The van der Waals surface area contributed by atoms with Crippen LogP contribution in [0.1, 0.15) is 0 Å². The molecule has 0 aliphatic rings. The van der Waals surface area contributed by atoms with Crippen molar-refractivity contribution in [1.29, 1.82) is 0 Å². The van der Waals surface area contributed by atoms with Gasteiger partial charge in [-0.1, -0.05) is 0 Å². The van der Waals surface area contributed by atoms with Crippen LogP contribution in [0.15, 0.2) is 0 Å². The molecule has 0 nitrogen and oxygen atoms in total. The zero-order valence-corrected chi connectivity index (χ0v) is 8.91. The van der Waals surface area contributed by atoms with Gasteiger partial charge in [-0.2, -0.15) is 13.5 Å². The van der Waals surface area contributed by atoms with Crippen LogP contribution >= 0.6 is 13.5 Å². The minimum atomic E-state index is 0. The van der Waals surface area contributed by atoms with Crippen molar-refractivity contribution in [3.05, 3.63) is 0 Å². The molecule has 0 rings (SSSR count). The van der Waals surface area contributed by atoms with Gasteiger partial charge in [-0.05, 0) is 0 Å². The number of rotatable bonds is 0. The van der Waals surface area contributed by atoms with E-state index in [0.29, 0.717) is 0 Å². The second kappa shape index (κ2) is 19.1. The summed E-state index contributed by atoms with van der Waals surface area (Å²) >= 11 is 0. The SMILES string of the molecule is S.[Fe].[SeH2].[TeH2]. The van der Waals surface area contributed by atoms with Crippen molar-refractivity contribution in [3.63, 3.8) is 0 Å². The van der Waals surface area contributed by atoms with Crippen molar-refractivity contribution in [2.45, 2.75) is 0 Å². The Balaban J connectivity index is 0. The Labute approximate surface area is 70.6 Å². The topological polar surface area (TPSA) is 0 Å². The second-order valence-corrected chi connectivity index (χ2v) is 0. The zero-order valence-electron chi connectivity index (χ0n) is 1.85. The van der Waals surface area contributed by atoms with Crippen LogP contribution < -0.4 is 0 Å². The van der Waals surface area contributed by atoms with Gasteiger partial charge in [0, 0.05) is 17.1 Å². The van der Waals surface area contributed by atoms with Crippen LogP contribution in [0.2, 0.25) is 0 Å². The summed E-state index contributed by atoms with van der Waals surface area (Å²) in [6.07, 6.45) is 0. The molecule has 4 heavy (non-hydrogen) atoms. The van der Waals surface area contributed by atoms with Gasteiger partial charge in [0.25, 0.3) is 0 Å². The van der Waals surface area contributed by atoms with Gasteiger partial charge < -0.3 is 0 Å². The molecule has 0 fully saturated rings. The van der Waals surface area contributed by atoms with Crippen LogP contribution in [-0.4, -0.2) is 40.7 Å². The van der Waals surface area contributed by atoms with E-state index in [9.17, 15) is 0 Å². The fourth-order valence-electron chi connectivity index (χ4n) is 0. The van der Waals surface area contributed by atoms with E-state index in [1.54, 1.807) is 0 Å². The average Bonchev–Trinajstić information content (AvgIpc) is 0. The molecule has 0 unspecified atom stereocenters. The quantitative estimate of drug-likeness (QED) is 0.467. The molecular formula is H6FeSSeTe. The van der Waals surface area contributed by atoms with Gasteiger partial charge >= 0.3 is 40.7 Å². The van der Waals surface area contributed by atoms with Crippen molar-refractivity contribution < 1.29 is 17.1 Å². The van der Waals surface area contributed by atoms with E-state index in [-0.39, 0.29) is 71.3 Å². The van der Waals surface area contributed by atoms with Crippen LogP contribution in [0.5, 0.6) is 0 Å². The predicted molar refractivity (Wildman–Crippen MR) is 27.5 cm³/mol. The Kier molecular flexibility index (Phi) is 166. The summed E-state index contributed by atoms with van der Waals surface area (Å²) in [4.78, 5) is 0. The van der Waals surface area contributed by atoms with Gasteiger partial charge in [-0.3, -0.25) is 0 Å². The van der Waals surface area contributed by atoms with Gasteiger partial charge in [0.2, 0.25) is 0 Å². The van der Waals surface area contributed by atoms with Gasteiger partial charge in [0.15, 0.2) is 0 Å². The normalized spacial score (nSPS) is 0. The van der Waals surface area contributed by atoms with E-state index in [0.717, 1.165) is 0 Å². The average molecular weight is 301 g/mol. The third-order valence-corrected chi connectivity index (χ3v) is 0. The van der Waals surface area contributed by atoms with E-state index in [1.165, 1.54) is 0 Å². The summed E-state index contributed by atoms with van der Waals surface area (Å²) < 4.78 is 0. The van der Waals surface area contributed by atoms with E-state index in [4.69, 9.17) is 0 Å². The summed E-state index contributed by atoms with van der Waals surface area (Å²) in [5.74, 6) is 0. The second-order valence-electron chi connectivity index (χ2n) is 0. The first kappa shape index (κ1) is 34.9. The molecule has 0 aliphatic heterocycles. The zero-order chi connectivity index (χ0) is 0. The molecule has 32 valence electrons. The van der Waals surface area contributed by atoms with Gasteiger partial charge in [-0.25, -0.2) is 0 Å². The Hall–Kier alpha value is 2.18. The Morgan fingerprint density at radius 1 is 1.00 bits per heavy atom.